The van der Waals surface area contributed by atoms with Gasteiger partial charge in [-0.3, -0.25) is 4.79 Å². The van der Waals surface area contributed by atoms with Crippen molar-refractivity contribution in [2.45, 2.75) is 38.0 Å². The number of carbonyl (C=O) groups excluding carboxylic acids is 1. The van der Waals surface area contributed by atoms with Gasteiger partial charge in [0.25, 0.3) is 0 Å². The van der Waals surface area contributed by atoms with Crippen LogP contribution in [0.4, 0.5) is 0 Å². The monoisotopic (exact) mass is 226 g/mol. The first-order chi connectivity index (χ1) is 6.22. The van der Waals surface area contributed by atoms with Gasteiger partial charge in [-0.25, -0.2) is 0 Å². The smallest absolute Gasteiger partial charge is 0.324 e. The summed E-state index contributed by atoms with van der Waals surface area (Å²) in [6.45, 7) is 2.51. The van der Waals surface area contributed by atoms with Crippen LogP contribution in [-0.4, -0.2) is 23.8 Å². The largest absolute Gasteiger partial charge is 0.465 e. The van der Waals surface area contributed by atoms with Gasteiger partial charge in [0.2, 0.25) is 0 Å². The molecule has 1 unspecified atom stereocenters. The Morgan fingerprint density at radius 1 is 1.46 bits per heavy atom. The summed E-state index contributed by atoms with van der Waals surface area (Å²) in [5.41, 5.74) is 0. The zero-order chi connectivity index (χ0) is 10.1. The van der Waals surface area contributed by atoms with Gasteiger partial charge < -0.3 is 4.74 Å². The first kappa shape index (κ1) is 13.1. The molecule has 0 saturated carbocycles. The second-order valence-corrected chi connectivity index (χ2v) is 3.72. The maximum Gasteiger partial charge on any atom is 0.324 e. The van der Waals surface area contributed by atoms with Crippen LogP contribution in [-0.2, 0) is 9.53 Å². The molecule has 0 fully saturated rings. The molecule has 0 aromatic heterocycles. The summed E-state index contributed by atoms with van der Waals surface area (Å²) in [4.78, 5) is 11.1. The third-order valence-corrected chi connectivity index (χ3v) is 2.25. The lowest BCUT2D eigenvalue weighted by molar-refractivity contribution is -0.143. The fourth-order valence-electron chi connectivity index (χ4n) is 0.782. The molecule has 0 heterocycles. The fourth-order valence-corrected chi connectivity index (χ4v) is 1.15. The Morgan fingerprint density at radius 2 is 2.15 bits per heavy atom. The molecule has 0 rings (SSSR count). The summed E-state index contributed by atoms with van der Waals surface area (Å²) >= 11 is 11.2. The van der Waals surface area contributed by atoms with E-state index in [-0.39, 0.29) is 5.97 Å². The van der Waals surface area contributed by atoms with E-state index in [2.05, 4.69) is 0 Å². The first-order valence-corrected chi connectivity index (χ1v) is 5.56. The number of esters is 1. The van der Waals surface area contributed by atoms with E-state index in [1.165, 1.54) is 0 Å². The number of ether oxygens (including phenoxy) is 1. The van der Waals surface area contributed by atoms with Crippen LogP contribution in [0.15, 0.2) is 0 Å². The zero-order valence-electron chi connectivity index (χ0n) is 7.89. The highest BCUT2D eigenvalue weighted by molar-refractivity contribution is 6.29. The minimum atomic E-state index is -0.532. The molecular formula is C9H16Cl2O2. The minimum Gasteiger partial charge on any atom is -0.465 e. The summed E-state index contributed by atoms with van der Waals surface area (Å²) in [6.07, 6.45) is 3.25. The Kier molecular flexibility index (Phi) is 8.67. The summed E-state index contributed by atoms with van der Waals surface area (Å²) in [5.74, 6) is 0.214. The van der Waals surface area contributed by atoms with Crippen molar-refractivity contribution in [2.75, 3.05) is 12.5 Å². The molecule has 0 amide bonds. The lowest BCUT2D eigenvalue weighted by atomic mass is 10.2. The number of unbranched alkanes of at least 4 members (excludes halogenated alkanes) is 1. The lowest BCUT2D eigenvalue weighted by Gasteiger charge is -2.08. The van der Waals surface area contributed by atoms with Crippen LogP contribution in [0.3, 0.4) is 0 Å². The Hall–Kier alpha value is 0.0500. The topological polar surface area (TPSA) is 26.3 Å². The molecule has 1 atom stereocenters. The summed E-state index contributed by atoms with van der Waals surface area (Å²) < 4.78 is 4.93. The average molecular weight is 227 g/mol. The number of rotatable bonds is 7. The molecule has 0 aromatic carbocycles. The number of halogens is 2. The van der Waals surface area contributed by atoms with Crippen LogP contribution in [0.25, 0.3) is 0 Å². The van der Waals surface area contributed by atoms with E-state index in [4.69, 9.17) is 27.9 Å². The van der Waals surface area contributed by atoms with Gasteiger partial charge in [-0.2, -0.15) is 0 Å². The normalized spacial score (nSPS) is 12.5. The predicted molar refractivity (Wildman–Crippen MR) is 55.5 cm³/mol. The number of alkyl halides is 2. The van der Waals surface area contributed by atoms with E-state index >= 15 is 0 Å². The second kappa shape index (κ2) is 8.64. The molecule has 4 heteroatoms. The van der Waals surface area contributed by atoms with Crippen LogP contribution in [0.2, 0.25) is 0 Å². The Balaban J connectivity index is 3.45. The van der Waals surface area contributed by atoms with Crippen molar-refractivity contribution in [1.29, 1.82) is 0 Å². The van der Waals surface area contributed by atoms with Crippen molar-refractivity contribution in [1.82, 2.24) is 0 Å². The van der Waals surface area contributed by atoms with Gasteiger partial charge in [0.1, 0.15) is 5.38 Å². The molecule has 0 saturated heterocycles. The van der Waals surface area contributed by atoms with Gasteiger partial charge in [-0.05, 0) is 19.3 Å². The standard InChI is InChI=1S/C9H16Cl2O2/c1-2-3-7-13-9(12)8(11)5-4-6-10/h8H,2-7H2,1H3. The van der Waals surface area contributed by atoms with Gasteiger partial charge in [0, 0.05) is 5.88 Å². The second-order valence-electron chi connectivity index (χ2n) is 2.82. The van der Waals surface area contributed by atoms with Crippen LogP contribution in [0, 0.1) is 0 Å². The minimum absolute atomic E-state index is 0.319. The number of hydrogen-bond acceptors (Lipinski definition) is 2. The molecular weight excluding hydrogens is 211 g/mol. The summed E-state index contributed by atoms with van der Waals surface area (Å²) in [5, 5.41) is -0.532. The van der Waals surface area contributed by atoms with Crippen molar-refractivity contribution in [3.63, 3.8) is 0 Å². The fraction of sp³-hybridized carbons (Fsp3) is 0.889. The molecule has 0 aliphatic carbocycles. The van der Waals surface area contributed by atoms with Crippen LogP contribution in [0.1, 0.15) is 32.6 Å². The molecule has 0 aliphatic rings. The third kappa shape index (κ3) is 7.15. The first-order valence-electron chi connectivity index (χ1n) is 4.59. The van der Waals surface area contributed by atoms with Crippen LogP contribution in [0.5, 0.6) is 0 Å². The van der Waals surface area contributed by atoms with E-state index in [0.29, 0.717) is 18.9 Å². The predicted octanol–water partition coefficient (Wildman–Crippen LogP) is 2.96. The van der Waals surface area contributed by atoms with Crippen LogP contribution >= 0.6 is 23.2 Å². The lowest BCUT2D eigenvalue weighted by Crippen LogP contribution is -2.18. The highest BCUT2D eigenvalue weighted by Crippen LogP contribution is 2.08. The molecule has 0 N–H and O–H groups in total. The molecule has 0 aliphatic heterocycles. The Bertz CT molecular complexity index is 140. The van der Waals surface area contributed by atoms with E-state index in [9.17, 15) is 4.79 Å². The number of carbonyl (C=O) groups is 1. The Morgan fingerprint density at radius 3 is 2.69 bits per heavy atom. The zero-order valence-corrected chi connectivity index (χ0v) is 9.40. The summed E-state index contributed by atoms with van der Waals surface area (Å²) in [7, 11) is 0. The Labute approximate surface area is 89.5 Å². The maximum absolute atomic E-state index is 11.1. The SMILES string of the molecule is CCCCOC(=O)C(Cl)CCCCl. The molecule has 0 spiro atoms. The molecule has 2 nitrogen and oxygen atoms in total. The molecule has 0 aromatic rings. The highest BCUT2D eigenvalue weighted by Gasteiger charge is 2.15. The van der Waals surface area contributed by atoms with E-state index < -0.39 is 5.38 Å². The van der Waals surface area contributed by atoms with Crippen molar-refractivity contribution < 1.29 is 9.53 Å². The van der Waals surface area contributed by atoms with Gasteiger partial charge in [0.15, 0.2) is 0 Å². The van der Waals surface area contributed by atoms with Crippen molar-refractivity contribution >= 4 is 29.2 Å². The van der Waals surface area contributed by atoms with Crippen molar-refractivity contribution in [3.05, 3.63) is 0 Å². The van der Waals surface area contributed by atoms with Crippen molar-refractivity contribution in [2.24, 2.45) is 0 Å². The van der Waals surface area contributed by atoms with E-state index in [0.717, 1.165) is 19.3 Å². The number of hydrogen-bond donors (Lipinski definition) is 0. The van der Waals surface area contributed by atoms with Crippen LogP contribution < -0.4 is 0 Å². The average Bonchev–Trinajstić information content (AvgIpc) is 2.14. The molecule has 0 radical (unpaired) electrons. The van der Waals surface area contributed by atoms with Gasteiger partial charge in [0.05, 0.1) is 6.61 Å². The van der Waals surface area contributed by atoms with E-state index in [1.807, 2.05) is 6.92 Å². The third-order valence-electron chi connectivity index (χ3n) is 1.59. The molecule has 78 valence electrons. The van der Waals surface area contributed by atoms with E-state index in [1.54, 1.807) is 0 Å². The molecule has 0 bridgehead atoms. The van der Waals surface area contributed by atoms with Gasteiger partial charge in [-0.15, -0.1) is 23.2 Å². The van der Waals surface area contributed by atoms with Crippen molar-refractivity contribution in [3.8, 4) is 0 Å². The quantitative estimate of drug-likeness (QED) is 0.379. The summed E-state index contributed by atoms with van der Waals surface area (Å²) in [6, 6.07) is 0. The highest BCUT2D eigenvalue weighted by atomic mass is 35.5. The molecule has 13 heavy (non-hydrogen) atoms. The van der Waals surface area contributed by atoms with Gasteiger partial charge in [-0.1, -0.05) is 13.3 Å². The van der Waals surface area contributed by atoms with Gasteiger partial charge >= 0.3 is 5.97 Å². The maximum atomic E-state index is 11.1.